The lowest BCUT2D eigenvalue weighted by molar-refractivity contribution is -0.385. The van der Waals surface area contributed by atoms with Crippen LogP contribution in [0, 0.1) is 21.7 Å². The number of ketones is 1. The molecule has 0 saturated carbocycles. The molecule has 2 rings (SSSR count). The topological polar surface area (TPSA) is 60.2 Å². The summed E-state index contributed by atoms with van der Waals surface area (Å²) in [4.78, 5) is 22.6. The first kappa shape index (κ1) is 17.5. The van der Waals surface area contributed by atoms with Gasteiger partial charge in [0.25, 0.3) is 5.69 Å². The molecule has 4 nitrogen and oxygen atoms in total. The third-order valence-corrected chi connectivity index (χ3v) is 3.50. The lowest BCUT2D eigenvalue weighted by Gasteiger charge is -2.06. The molecule has 24 heavy (non-hydrogen) atoms. The van der Waals surface area contributed by atoms with Crippen LogP contribution in [0.25, 0.3) is 6.08 Å². The van der Waals surface area contributed by atoms with Gasteiger partial charge in [-0.15, -0.1) is 0 Å². The summed E-state index contributed by atoms with van der Waals surface area (Å²) in [6.07, 6.45) is 2.57. The molecule has 0 N–H and O–H groups in total. The van der Waals surface area contributed by atoms with Crippen LogP contribution in [0.3, 0.4) is 0 Å². The molecule has 0 heterocycles. The van der Waals surface area contributed by atoms with Crippen molar-refractivity contribution in [2.24, 2.45) is 0 Å². The van der Waals surface area contributed by atoms with E-state index in [1.807, 2.05) is 13.8 Å². The Morgan fingerprint density at radius 1 is 1.12 bits per heavy atom. The average molecular weight is 331 g/mol. The maximum atomic E-state index is 13.1. The molecule has 0 unspecified atom stereocenters. The van der Waals surface area contributed by atoms with E-state index < -0.39 is 22.3 Å². The Kier molecular flexibility index (Phi) is 5.18. The Morgan fingerprint density at radius 2 is 1.83 bits per heavy atom. The van der Waals surface area contributed by atoms with Gasteiger partial charge in [-0.2, -0.15) is 0 Å². The van der Waals surface area contributed by atoms with Crippen molar-refractivity contribution in [2.75, 3.05) is 0 Å². The highest BCUT2D eigenvalue weighted by molar-refractivity contribution is 6.06. The number of benzene rings is 2. The normalized spacial score (nSPS) is 11.2. The van der Waals surface area contributed by atoms with Crippen LogP contribution in [0.1, 0.15) is 41.3 Å². The van der Waals surface area contributed by atoms with Crippen molar-refractivity contribution in [1.29, 1.82) is 0 Å². The largest absolute Gasteiger partial charge is 0.289 e. The average Bonchev–Trinajstić information content (AvgIpc) is 2.54. The minimum Gasteiger partial charge on any atom is -0.289 e. The molecule has 6 heteroatoms. The van der Waals surface area contributed by atoms with E-state index in [4.69, 9.17) is 0 Å². The van der Waals surface area contributed by atoms with Crippen LogP contribution in [0.2, 0.25) is 0 Å². The SMILES string of the molecule is CC(C)c1ccc(/C=C/C(=O)c2ccc(F)c(F)c2)cc1[N+](=O)[O-]. The van der Waals surface area contributed by atoms with Gasteiger partial charge in [-0.25, -0.2) is 8.78 Å². The second-order valence-corrected chi connectivity index (χ2v) is 5.56. The lowest BCUT2D eigenvalue weighted by atomic mass is 9.99. The maximum Gasteiger partial charge on any atom is 0.273 e. The molecule has 0 spiro atoms. The van der Waals surface area contributed by atoms with Gasteiger partial charge in [0, 0.05) is 17.2 Å². The standard InChI is InChI=1S/C18H15F2NO3/c1-11(2)14-6-3-12(9-17(14)21(23)24)4-8-18(22)13-5-7-15(19)16(20)10-13/h3-11H,1-2H3/b8-4+. The molecular weight excluding hydrogens is 316 g/mol. The molecule has 0 atom stereocenters. The summed E-state index contributed by atoms with van der Waals surface area (Å²) < 4.78 is 26.0. The molecule has 0 radical (unpaired) electrons. The van der Waals surface area contributed by atoms with Gasteiger partial charge in [-0.3, -0.25) is 14.9 Å². The van der Waals surface area contributed by atoms with Gasteiger partial charge >= 0.3 is 0 Å². The van der Waals surface area contributed by atoms with Gasteiger partial charge in [0.1, 0.15) is 0 Å². The van der Waals surface area contributed by atoms with Gasteiger partial charge in [0.05, 0.1) is 4.92 Å². The number of carbonyl (C=O) groups excluding carboxylic acids is 1. The molecule has 2 aromatic rings. The highest BCUT2D eigenvalue weighted by atomic mass is 19.2. The highest BCUT2D eigenvalue weighted by Gasteiger charge is 2.16. The van der Waals surface area contributed by atoms with E-state index in [1.165, 1.54) is 24.3 Å². The number of nitrogens with zero attached hydrogens (tertiary/aromatic N) is 1. The molecule has 0 bridgehead atoms. The fourth-order valence-electron chi connectivity index (χ4n) is 2.23. The molecule has 0 aliphatic rings. The molecule has 0 amide bonds. The maximum absolute atomic E-state index is 13.1. The van der Waals surface area contributed by atoms with Gasteiger partial charge in [-0.1, -0.05) is 32.1 Å². The van der Waals surface area contributed by atoms with E-state index in [0.29, 0.717) is 11.1 Å². The monoisotopic (exact) mass is 331 g/mol. The van der Waals surface area contributed by atoms with E-state index in [1.54, 1.807) is 12.1 Å². The second-order valence-electron chi connectivity index (χ2n) is 5.56. The summed E-state index contributed by atoms with van der Waals surface area (Å²) in [5.74, 6) is -2.67. The molecule has 0 aliphatic carbocycles. The number of nitro groups is 1. The first-order chi connectivity index (χ1) is 11.3. The zero-order valence-corrected chi connectivity index (χ0v) is 13.1. The fraction of sp³-hybridized carbons (Fsp3) is 0.167. The van der Waals surface area contributed by atoms with Crippen LogP contribution in [-0.2, 0) is 0 Å². The van der Waals surface area contributed by atoms with Crippen molar-refractivity contribution in [3.05, 3.63) is 80.9 Å². The minimum atomic E-state index is -1.11. The third-order valence-electron chi connectivity index (χ3n) is 3.50. The van der Waals surface area contributed by atoms with Crippen molar-refractivity contribution < 1.29 is 18.5 Å². The molecule has 0 saturated heterocycles. The molecule has 124 valence electrons. The number of rotatable bonds is 5. The van der Waals surface area contributed by atoms with E-state index in [0.717, 1.165) is 12.1 Å². The molecule has 2 aromatic carbocycles. The highest BCUT2D eigenvalue weighted by Crippen LogP contribution is 2.27. The summed E-state index contributed by atoms with van der Waals surface area (Å²) >= 11 is 0. The fourth-order valence-corrected chi connectivity index (χ4v) is 2.23. The van der Waals surface area contributed by atoms with Crippen molar-refractivity contribution in [3.8, 4) is 0 Å². The van der Waals surface area contributed by atoms with Gasteiger partial charge < -0.3 is 0 Å². The van der Waals surface area contributed by atoms with E-state index >= 15 is 0 Å². The summed E-state index contributed by atoms with van der Waals surface area (Å²) in [5, 5.41) is 11.1. The zero-order valence-electron chi connectivity index (χ0n) is 13.1. The van der Waals surface area contributed by atoms with Crippen LogP contribution in [0.5, 0.6) is 0 Å². The van der Waals surface area contributed by atoms with Crippen LogP contribution >= 0.6 is 0 Å². The third kappa shape index (κ3) is 3.90. The molecule has 0 aliphatic heterocycles. The van der Waals surface area contributed by atoms with Crippen LogP contribution < -0.4 is 0 Å². The van der Waals surface area contributed by atoms with Crippen molar-refractivity contribution in [2.45, 2.75) is 19.8 Å². The second kappa shape index (κ2) is 7.12. The number of nitro benzene ring substituents is 1. The van der Waals surface area contributed by atoms with E-state index in [2.05, 4.69) is 0 Å². The van der Waals surface area contributed by atoms with Crippen LogP contribution in [0.15, 0.2) is 42.5 Å². The Hall–Kier alpha value is -2.89. The van der Waals surface area contributed by atoms with Crippen LogP contribution in [0.4, 0.5) is 14.5 Å². The molecular formula is C18H15F2NO3. The predicted octanol–water partition coefficient (Wildman–Crippen LogP) is 4.89. The summed E-state index contributed by atoms with van der Waals surface area (Å²) in [7, 11) is 0. The number of hydrogen-bond acceptors (Lipinski definition) is 3. The number of hydrogen-bond donors (Lipinski definition) is 0. The number of carbonyl (C=O) groups is 1. The van der Waals surface area contributed by atoms with Crippen molar-refractivity contribution in [1.82, 2.24) is 0 Å². The molecule has 0 fully saturated rings. The van der Waals surface area contributed by atoms with Crippen LogP contribution in [-0.4, -0.2) is 10.7 Å². The minimum absolute atomic E-state index is 0.00143. The van der Waals surface area contributed by atoms with Crippen molar-refractivity contribution in [3.63, 3.8) is 0 Å². The first-order valence-corrected chi connectivity index (χ1v) is 7.25. The summed E-state index contributed by atoms with van der Waals surface area (Å²) in [5.41, 5.74) is 1.05. The quantitative estimate of drug-likeness (QED) is 0.339. The number of halogens is 2. The van der Waals surface area contributed by atoms with E-state index in [9.17, 15) is 23.7 Å². The first-order valence-electron chi connectivity index (χ1n) is 7.25. The zero-order chi connectivity index (χ0) is 17.9. The molecule has 0 aromatic heterocycles. The van der Waals surface area contributed by atoms with Crippen molar-refractivity contribution >= 4 is 17.5 Å². The van der Waals surface area contributed by atoms with Gasteiger partial charge in [0.2, 0.25) is 0 Å². The summed E-state index contributed by atoms with van der Waals surface area (Å²) in [6.45, 7) is 3.70. The Labute approximate surface area is 137 Å². The Morgan fingerprint density at radius 3 is 2.42 bits per heavy atom. The Bertz CT molecular complexity index is 829. The number of allylic oxidation sites excluding steroid dienone is 1. The Balaban J connectivity index is 2.28. The predicted molar refractivity (Wildman–Crippen MR) is 86.9 cm³/mol. The van der Waals surface area contributed by atoms with Gasteiger partial charge in [-0.05, 0) is 35.8 Å². The smallest absolute Gasteiger partial charge is 0.273 e. The van der Waals surface area contributed by atoms with Gasteiger partial charge in [0.15, 0.2) is 17.4 Å². The van der Waals surface area contributed by atoms with E-state index in [-0.39, 0.29) is 17.2 Å². The lowest BCUT2D eigenvalue weighted by Crippen LogP contribution is -1.98. The summed E-state index contributed by atoms with van der Waals surface area (Å²) in [6, 6.07) is 7.55.